The minimum atomic E-state index is -0.952. The molecule has 1 aromatic carbocycles. The largest absolute Gasteiger partial charge is 0.459 e. The number of nitrogens with one attached hydrogen (secondary N) is 1. The van der Waals surface area contributed by atoms with Gasteiger partial charge in [0.25, 0.3) is 11.8 Å². The number of carbonyl (C=O) groups excluding carboxylic acids is 1. The molecule has 3 aromatic heterocycles. The van der Waals surface area contributed by atoms with Gasteiger partial charge in [-0.15, -0.1) is 10.2 Å². The summed E-state index contributed by atoms with van der Waals surface area (Å²) in [5.41, 5.74) is -0.109. The Bertz CT molecular complexity index is 1110. The molecule has 4 aromatic rings. The minimum absolute atomic E-state index is 0.101. The van der Waals surface area contributed by atoms with Gasteiger partial charge in [-0.05, 0) is 42.5 Å². The van der Waals surface area contributed by atoms with E-state index in [9.17, 15) is 13.6 Å². The number of benzene rings is 1. The third-order valence-corrected chi connectivity index (χ3v) is 3.62. The third-order valence-electron chi connectivity index (χ3n) is 3.62. The van der Waals surface area contributed by atoms with E-state index in [4.69, 9.17) is 8.83 Å². The molecule has 0 saturated carbocycles. The standard InChI is InChI=1S/C18H10F2N4O3/c19-12-6-5-10(17-23-24-18(27-17)14-4-2-8-26-14)9-13(12)22-16(25)11-3-1-7-21-15(11)20/h1-9H,(H,22,25). The maximum atomic E-state index is 14.1. The Morgan fingerprint density at radius 1 is 1.04 bits per heavy atom. The number of hydrogen-bond donors (Lipinski definition) is 1. The van der Waals surface area contributed by atoms with Crippen LogP contribution in [0.4, 0.5) is 14.5 Å². The molecule has 9 heteroatoms. The van der Waals surface area contributed by atoms with Crippen LogP contribution in [0.15, 0.2) is 63.8 Å². The zero-order valence-corrected chi connectivity index (χ0v) is 13.5. The second-order valence-corrected chi connectivity index (χ2v) is 5.38. The fourth-order valence-electron chi connectivity index (χ4n) is 2.34. The van der Waals surface area contributed by atoms with Crippen molar-refractivity contribution in [1.82, 2.24) is 15.2 Å². The zero-order chi connectivity index (χ0) is 18.8. The maximum Gasteiger partial charge on any atom is 0.283 e. The molecule has 0 aliphatic heterocycles. The van der Waals surface area contributed by atoms with E-state index in [0.29, 0.717) is 11.3 Å². The van der Waals surface area contributed by atoms with Crippen molar-refractivity contribution in [3.8, 4) is 23.1 Å². The van der Waals surface area contributed by atoms with Gasteiger partial charge in [0, 0.05) is 11.8 Å². The first-order chi connectivity index (χ1) is 13.1. The molecular weight excluding hydrogens is 358 g/mol. The van der Waals surface area contributed by atoms with Crippen molar-refractivity contribution in [3.63, 3.8) is 0 Å². The van der Waals surface area contributed by atoms with Gasteiger partial charge in [-0.1, -0.05) is 0 Å². The number of hydrogen-bond acceptors (Lipinski definition) is 6. The summed E-state index contributed by atoms with van der Waals surface area (Å²) in [6.07, 6.45) is 2.67. The lowest BCUT2D eigenvalue weighted by atomic mass is 10.1. The fourth-order valence-corrected chi connectivity index (χ4v) is 2.34. The van der Waals surface area contributed by atoms with Crippen molar-refractivity contribution in [3.05, 3.63) is 72.3 Å². The quantitative estimate of drug-likeness (QED) is 0.549. The molecule has 3 heterocycles. The number of aromatic nitrogens is 3. The smallest absolute Gasteiger partial charge is 0.283 e. The highest BCUT2D eigenvalue weighted by Crippen LogP contribution is 2.27. The fraction of sp³-hybridized carbons (Fsp3) is 0. The van der Waals surface area contributed by atoms with Crippen molar-refractivity contribution < 1.29 is 22.4 Å². The van der Waals surface area contributed by atoms with Crippen molar-refractivity contribution in [2.24, 2.45) is 0 Å². The molecule has 0 aliphatic rings. The highest BCUT2D eigenvalue weighted by Gasteiger charge is 2.17. The van der Waals surface area contributed by atoms with Crippen molar-refractivity contribution in [2.45, 2.75) is 0 Å². The molecule has 0 bridgehead atoms. The van der Waals surface area contributed by atoms with Crippen LogP contribution >= 0.6 is 0 Å². The average molecular weight is 368 g/mol. The summed E-state index contributed by atoms with van der Waals surface area (Å²) < 4.78 is 38.4. The summed E-state index contributed by atoms with van der Waals surface area (Å²) in [6, 6.07) is 9.81. The molecule has 0 atom stereocenters. The van der Waals surface area contributed by atoms with Crippen molar-refractivity contribution >= 4 is 11.6 Å². The van der Waals surface area contributed by atoms with E-state index in [1.807, 2.05) is 0 Å². The normalized spacial score (nSPS) is 10.7. The number of rotatable bonds is 4. The number of amides is 1. The summed E-state index contributed by atoms with van der Waals surface area (Å²) in [7, 11) is 0. The van der Waals surface area contributed by atoms with Gasteiger partial charge in [0.1, 0.15) is 5.82 Å². The van der Waals surface area contributed by atoms with Gasteiger partial charge in [0.15, 0.2) is 5.76 Å². The third kappa shape index (κ3) is 3.30. The van der Waals surface area contributed by atoms with Crippen LogP contribution in [0, 0.1) is 11.8 Å². The highest BCUT2D eigenvalue weighted by atomic mass is 19.1. The number of nitrogens with zero attached hydrogens (tertiary/aromatic N) is 3. The van der Waals surface area contributed by atoms with Crippen LogP contribution in [0.2, 0.25) is 0 Å². The Morgan fingerprint density at radius 2 is 1.89 bits per heavy atom. The first kappa shape index (κ1) is 16.6. The van der Waals surface area contributed by atoms with Crippen LogP contribution in [0.25, 0.3) is 23.1 Å². The van der Waals surface area contributed by atoms with E-state index >= 15 is 0 Å². The number of pyridine rings is 1. The molecule has 0 radical (unpaired) electrons. The molecule has 1 amide bonds. The molecule has 7 nitrogen and oxygen atoms in total. The van der Waals surface area contributed by atoms with Gasteiger partial charge in [-0.25, -0.2) is 9.37 Å². The number of anilines is 1. The first-order valence-corrected chi connectivity index (χ1v) is 7.71. The summed E-state index contributed by atoms with van der Waals surface area (Å²) in [5.74, 6) is -1.85. The van der Waals surface area contributed by atoms with Gasteiger partial charge < -0.3 is 14.2 Å². The maximum absolute atomic E-state index is 14.1. The van der Waals surface area contributed by atoms with Gasteiger partial charge in [-0.2, -0.15) is 4.39 Å². The van der Waals surface area contributed by atoms with E-state index in [2.05, 4.69) is 20.5 Å². The Morgan fingerprint density at radius 3 is 2.67 bits per heavy atom. The predicted octanol–water partition coefficient (Wildman–Crippen LogP) is 3.92. The Balaban J connectivity index is 1.62. The van der Waals surface area contributed by atoms with Gasteiger partial charge in [-0.3, -0.25) is 4.79 Å². The number of carbonyl (C=O) groups is 1. The molecule has 0 fully saturated rings. The molecule has 4 rings (SSSR count). The van der Waals surface area contributed by atoms with Gasteiger partial charge in [0.05, 0.1) is 17.5 Å². The lowest BCUT2D eigenvalue weighted by Gasteiger charge is -2.07. The number of halogens is 2. The minimum Gasteiger partial charge on any atom is -0.459 e. The number of furan rings is 1. The Hall–Kier alpha value is -3.88. The lowest BCUT2D eigenvalue weighted by molar-refractivity contribution is 0.102. The van der Waals surface area contributed by atoms with Crippen LogP contribution in [-0.2, 0) is 0 Å². The van der Waals surface area contributed by atoms with E-state index in [-0.39, 0.29) is 23.0 Å². The van der Waals surface area contributed by atoms with Gasteiger partial charge in [0.2, 0.25) is 11.8 Å². The van der Waals surface area contributed by atoms with Crippen LogP contribution in [0.5, 0.6) is 0 Å². The molecule has 0 spiro atoms. The van der Waals surface area contributed by atoms with Crippen LogP contribution < -0.4 is 5.32 Å². The molecule has 134 valence electrons. The summed E-state index contributed by atoms with van der Waals surface area (Å²) in [4.78, 5) is 15.6. The molecule has 1 N–H and O–H groups in total. The molecule has 0 aliphatic carbocycles. The first-order valence-electron chi connectivity index (χ1n) is 7.71. The van der Waals surface area contributed by atoms with E-state index < -0.39 is 17.7 Å². The average Bonchev–Trinajstić information content (AvgIpc) is 3.35. The van der Waals surface area contributed by atoms with Crippen LogP contribution in [-0.4, -0.2) is 21.1 Å². The van der Waals surface area contributed by atoms with Crippen molar-refractivity contribution in [2.75, 3.05) is 5.32 Å². The molecule has 0 unspecified atom stereocenters. The molecular formula is C18H10F2N4O3. The SMILES string of the molecule is O=C(Nc1cc(-c2nnc(-c3ccco3)o2)ccc1F)c1cccnc1F. The zero-order valence-electron chi connectivity index (χ0n) is 13.5. The Labute approximate surface area is 150 Å². The second kappa shape index (κ2) is 6.79. The van der Waals surface area contributed by atoms with E-state index in [1.54, 1.807) is 12.1 Å². The van der Waals surface area contributed by atoms with Crippen LogP contribution in [0.3, 0.4) is 0 Å². The lowest BCUT2D eigenvalue weighted by Crippen LogP contribution is -2.15. The summed E-state index contributed by atoms with van der Waals surface area (Å²) >= 11 is 0. The van der Waals surface area contributed by atoms with Gasteiger partial charge >= 0.3 is 0 Å². The Kier molecular flexibility index (Phi) is 4.17. The van der Waals surface area contributed by atoms with Crippen LogP contribution in [0.1, 0.15) is 10.4 Å². The highest BCUT2D eigenvalue weighted by molar-refractivity contribution is 6.04. The summed E-state index contributed by atoms with van der Waals surface area (Å²) in [6.45, 7) is 0. The van der Waals surface area contributed by atoms with E-state index in [0.717, 1.165) is 6.07 Å². The topological polar surface area (TPSA) is 94.1 Å². The molecule has 0 saturated heterocycles. The predicted molar refractivity (Wildman–Crippen MR) is 89.5 cm³/mol. The monoisotopic (exact) mass is 368 g/mol. The second-order valence-electron chi connectivity index (χ2n) is 5.38. The summed E-state index contributed by atoms with van der Waals surface area (Å²) in [5, 5.41) is 10.1. The van der Waals surface area contributed by atoms with E-state index in [1.165, 1.54) is 36.7 Å². The van der Waals surface area contributed by atoms with Crippen molar-refractivity contribution in [1.29, 1.82) is 0 Å². The molecule has 27 heavy (non-hydrogen) atoms.